The number of thioether (sulfide) groups is 1. The summed E-state index contributed by atoms with van der Waals surface area (Å²) in [5, 5.41) is 51.1. The summed E-state index contributed by atoms with van der Waals surface area (Å²) in [5.41, 5.74) is -6.63. The number of urea groups is 1. The van der Waals surface area contributed by atoms with Gasteiger partial charge in [0.25, 0.3) is 0 Å². The van der Waals surface area contributed by atoms with Crippen molar-refractivity contribution in [3.8, 4) is 0 Å². The van der Waals surface area contributed by atoms with Crippen LogP contribution in [0, 0.1) is 0 Å². The second kappa shape index (κ2) is 55.7. The summed E-state index contributed by atoms with van der Waals surface area (Å²) >= 11 is 1.74. The molecule has 0 radical (unpaired) electrons. The summed E-state index contributed by atoms with van der Waals surface area (Å²) in [5.74, 6) is -5.15. The molecule has 4 unspecified atom stereocenters. The number of hydrogen-bond donors (Lipinski definition) is 5. The largest absolute Gasteiger partial charge is 1.00 e. The molecule has 9 fully saturated rings. The zero-order valence-electron chi connectivity index (χ0n) is 69.3. The molecule has 28 atom stereocenters. The number of nitrogens with one attached hydrogen (secondary N) is 4. The van der Waals surface area contributed by atoms with Gasteiger partial charge in [-0.05, 0) is 39.0 Å². The molecule has 9 rings (SSSR count). The molecule has 0 spiro atoms. The predicted molar refractivity (Wildman–Crippen MR) is 350 cm³/mol. The van der Waals surface area contributed by atoms with E-state index >= 15 is 0 Å². The van der Waals surface area contributed by atoms with Crippen molar-refractivity contribution in [2.75, 3.05) is 80.9 Å². The van der Waals surface area contributed by atoms with Gasteiger partial charge in [-0.3, -0.25) is 34.7 Å². The second-order valence-electron chi connectivity index (χ2n) is 26.5. The monoisotopic (exact) mass is 1990 g/mol. The molecule has 9 aliphatic rings. The molecule has 4 amide bonds. The minimum atomic E-state index is -6.54. The molecule has 0 aliphatic carbocycles. The molecule has 9 heterocycles. The Hall–Kier alpha value is 4.04. The van der Waals surface area contributed by atoms with Crippen LogP contribution in [0.2, 0.25) is 0 Å². The Morgan fingerprint density at radius 3 is 1.48 bits per heavy atom. The number of ether oxygens (including phenoxy) is 16. The van der Waals surface area contributed by atoms with Crippen LogP contribution in [0.4, 0.5) is 4.79 Å². The van der Waals surface area contributed by atoms with E-state index in [0.717, 1.165) is 61.1 Å². The van der Waals surface area contributed by atoms with Crippen LogP contribution in [0.1, 0.15) is 71.6 Å². The van der Waals surface area contributed by atoms with Gasteiger partial charge in [-0.15, -0.1) is 0 Å². The van der Waals surface area contributed by atoms with Crippen molar-refractivity contribution in [1.29, 1.82) is 0 Å². The van der Waals surface area contributed by atoms with Crippen LogP contribution < -0.4 is 268 Å². The molecule has 67 heteroatoms. The number of carbonyl (C=O) groups excluding carboxylic acids is 5. The van der Waals surface area contributed by atoms with Crippen molar-refractivity contribution in [1.82, 2.24) is 21.3 Å². The number of carboxylic acids is 2. The number of aliphatic carboxylic acids is 2. The van der Waals surface area contributed by atoms with E-state index in [1.54, 1.807) is 11.8 Å². The summed E-state index contributed by atoms with van der Waals surface area (Å²) in [6.07, 6.45) is -51.1. The average molecular weight is 1990 g/mol. The second-order valence-corrected chi connectivity index (χ2v) is 33.9. The fourth-order valence-corrected chi connectivity index (χ4v) is 18.3. The molecule has 123 heavy (non-hydrogen) atoms. The standard InChI is InChI=1S/C56H92N4O48S7.8Na/c1-8-55(52(64)65)45(102-47-32(33(63)34(92-9-2)25(97-47)19-94-110(69,70)71)59-30(62)17-11-10-14-18-57-29(61)16-13-12-15-28-31-24(22-109-28)58-54(68)60-31)39(88-4)41(90-6)50(104-55)101-36-27(21-96-112(75,76)77)99-49(44(108-115(84,85)86)38(36)106-113(78,79)80)103-46-40(89-5)42-51(105-56(46,23-93-42)53(66)67)100-35-26(20-95-111(72,73)74)98-48(91-7)43(37(35)87-3)107-114(81,82)83;;;;;;;;/h24-28,31-51,63H,8-23H2,1-7H3,(H,57,61)(H,59,62)(H,64,65)(H,66,67)(H2,58,60,68)(H,69,70,71)(H,72,73,74)(H,75,76,77)(H,78,79,80)(H,81,82,83)(H,84,85,86);;;;;;;;/q;8*+1/p-8/t24?,25-,26-,27-,28?,31?,32-,33-,34-,35-,36-,37+,38+,39-,40-,41-,42-,43-,44-,45+,46+,47+,48+,49-,50-,51?,55+,56+;;;;;;;;/m1......../s1. The molecule has 666 valence electrons. The van der Waals surface area contributed by atoms with Crippen LogP contribution in [0.15, 0.2) is 0 Å². The van der Waals surface area contributed by atoms with Crippen molar-refractivity contribution in [3.63, 3.8) is 0 Å². The first-order valence-corrected chi connectivity index (χ1v) is 43.6. The van der Waals surface area contributed by atoms with Gasteiger partial charge in [0.2, 0.25) is 74.2 Å². The zero-order valence-corrected chi connectivity index (χ0v) is 91.0. The van der Waals surface area contributed by atoms with Crippen molar-refractivity contribution in [2.24, 2.45) is 0 Å². The number of methoxy groups -OCH3 is 5. The van der Waals surface area contributed by atoms with Crippen molar-refractivity contribution in [3.05, 3.63) is 0 Å². The maximum atomic E-state index is 14.0. The number of rotatable bonds is 45. The van der Waals surface area contributed by atoms with Crippen molar-refractivity contribution in [2.45, 2.75) is 241 Å². The van der Waals surface area contributed by atoms with Gasteiger partial charge in [0.1, 0.15) is 103 Å². The van der Waals surface area contributed by atoms with E-state index in [-0.39, 0.29) is 298 Å². The van der Waals surface area contributed by atoms with Gasteiger partial charge in [-0.2, -0.15) is 11.8 Å². The van der Waals surface area contributed by atoms with E-state index in [9.17, 15) is 117 Å². The van der Waals surface area contributed by atoms with Crippen LogP contribution in [0.25, 0.3) is 0 Å². The Labute approximate surface area is 889 Å². The minimum Gasteiger partial charge on any atom is -0.726 e. The van der Waals surface area contributed by atoms with Gasteiger partial charge in [0.05, 0.1) is 50.4 Å². The SMILES string of the molecule is CCO[C@H]1[C@H](O)[C@@H](NC(=O)CCCCCNC(=O)CCCCC2SCC3NC(=O)NC32)[C@H](O[C@H]2[C@H](OC)[C@@H](OC)[C@H](O[C@H]3[C@H](OS(=O)(=O)[O-])[C@@H](OS(=O)(=O)[O-])[C@@H](O[C@H]4[C@H](OC)[C@H]5OC[C@]4(C(=O)[O-])OC5O[C@H]4[C@H](OC)[C@@H](OS(=O)(=O)[O-])[C@@H](OC)O[C@@H]4COS(=O)(=O)[O-])O[C@@H]3COS(=O)(=O)[O-])O[C@]2(CC)C(=O)[O-])O[C@@H]1COS(=O)(=O)[O-].[Na+].[Na+].[Na+].[Na+].[Na+].[Na+].[Na+].[Na+]. The predicted octanol–water partition coefficient (Wildman–Crippen LogP) is -34.4. The van der Waals surface area contributed by atoms with E-state index in [2.05, 4.69) is 42.2 Å². The quantitative estimate of drug-likeness (QED) is 0.0124. The van der Waals surface area contributed by atoms with Gasteiger partial charge < -0.3 is 149 Å². The molecule has 0 aromatic rings. The number of carboxylic acid groups (broad SMARTS) is 2. The third kappa shape index (κ3) is 35.4. The minimum absolute atomic E-state index is 0. The van der Waals surface area contributed by atoms with E-state index in [1.807, 2.05) is 0 Å². The third-order valence-electron chi connectivity index (χ3n) is 19.4. The Bertz CT molecular complexity index is 4070. The molecule has 2 bridgehead atoms. The first-order chi connectivity index (χ1) is 53.7. The Balaban J connectivity index is 0.0000186. The van der Waals surface area contributed by atoms with E-state index in [0.29, 0.717) is 19.3 Å². The number of fused-ring (bicyclic) bond motifs is 4. The van der Waals surface area contributed by atoms with E-state index in [4.69, 9.17) is 80.0 Å². The Kier molecular flexibility index (Phi) is 57.6. The van der Waals surface area contributed by atoms with Gasteiger partial charge in [-0.25, -0.2) is 55.3 Å². The van der Waals surface area contributed by atoms with Crippen LogP contribution in [-0.2, 0) is 182 Å². The first kappa shape index (κ1) is 127. The first-order valence-electron chi connectivity index (χ1n) is 34.6. The summed E-state index contributed by atoms with van der Waals surface area (Å²) in [7, 11) is -32.1. The number of unbranched alkanes of at least 4 members (excludes halogenated alkanes) is 3. The van der Waals surface area contributed by atoms with Gasteiger partial charge in [0, 0.05) is 72.5 Å². The van der Waals surface area contributed by atoms with Crippen molar-refractivity contribution >= 4 is 104 Å². The number of carbonyl (C=O) groups is 5. The maximum absolute atomic E-state index is 14.0. The van der Waals surface area contributed by atoms with Crippen LogP contribution in [0.5, 0.6) is 0 Å². The summed E-state index contributed by atoms with van der Waals surface area (Å²) < 4.78 is 341. The molecule has 0 aromatic heterocycles. The molecular weight excluding hydrogens is 1900 g/mol. The van der Waals surface area contributed by atoms with Crippen molar-refractivity contribution < 1.29 is 454 Å². The smallest absolute Gasteiger partial charge is 0.726 e. The van der Waals surface area contributed by atoms with E-state index in [1.165, 1.54) is 6.92 Å². The number of aliphatic hydroxyl groups excluding tert-OH is 1. The normalized spacial score (nSPS) is 34.9. The van der Waals surface area contributed by atoms with Gasteiger partial charge >= 0.3 is 242 Å². The number of hydrogen-bond acceptors (Lipinski definition) is 49. The maximum Gasteiger partial charge on any atom is 1.00 e. The summed E-state index contributed by atoms with van der Waals surface area (Å²) in [6, 6.07) is -2.10. The third-order valence-corrected chi connectivity index (χ3v) is 23.5. The fourth-order valence-electron chi connectivity index (χ4n) is 14.4. The zero-order chi connectivity index (χ0) is 85.3. The number of aliphatic hydroxyl groups is 1. The average Bonchev–Trinajstić information content (AvgIpc) is 0.830. The Morgan fingerprint density at radius 1 is 0.504 bits per heavy atom. The molecule has 0 saturated carbocycles. The molecular formula is C56H84N4Na8O48S7. The molecule has 9 aliphatic heterocycles. The summed E-state index contributed by atoms with van der Waals surface area (Å²) in [4.78, 5) is 66.1. The molecule has 5 N–H and O–H groups in total. The Morgan fingerprint density at radius 2 is 0.984 bits per heavy atom. The van der Waals surface area contributed by atoms with Gasteiger partial charge in [0.15, 0.2) is 49.3 Å². The molecule has 0 aromatic carbocycles. The number of amides is 4. The topological polar surface area (TPSA) is 746 Å². The summed E-state index contributed by atoms with van der Waals surface area (Å²) in [6.45, 7) is -3.53. The van der Waals surface area contributed by atoms with Crippen LogP contribution in [-0.4, -0.2) is 363 Å². The van der Waals surface area contributed by atoms with Crippen LogP contribution >= 0.6 is 11.8 Å². The fraction of sp³-hybridized carbons (Fsp3) is 0.911. The molecule has 52 nitrogen and oxygen atoms in total. The van der Waals surface area contributed by atoms with Crippen LogP contribution in [0.3, 0.4) is 0 Å². The van der Waals surface area contributed by atoms with Gasteiger partial charge in [-0.1, -0.05) is 19.8 Å². The van der Waals surface area contributed by atoms with E-state index < -0.39 is 266 Å². The molecule has 9 saturated heterocycles.